The number of allylic oxidation sites excluding steroid dienone is 2. The maximum Gasteiger partial charge on any atom is 0.240 e. The van der Waals surface area contributed by atoms with E-state index in [9.17, 15) is 22.4 Å². The molecule has 2 saturated carbocycles. The summed E-state index contributed by atoms with van der Waals surface area (Å²) in [5, 5.41) is -0.274. The van der Waals surface area contributed by atoms with Crippen LogP contribution in [0, 0.1) is 41.3 Å². The zero-order valence-electron chi connectivity index (χ0n) is 17.3. The lowest BCUT2D eigenvalue weighted by atomic mass is 9.63. The molecule has 1 N–H and O–H groups in total. The number of rotatable bonds is 5. The molecular weight excluding hydrogens is 467 g/mol. The normalized spacial score (nSPS) is 31.6. The van der Waals surface area contributed by atoms with Crippen molar-refractivity contribution in [3.05, 3.63) is 71.0 Å². The summed E-state index contributed by atoms with van der Waals surface area (Å²) in [6.07, 6.45) is 5.39. The summed E-state index contributed by atoms with van der Waals surface area (Å²) in [5.41, 5.74) is 1.15. The minimum Gasteiger partial charge on any atom is -0.274 e. The maximum absolute atomic E-state index is 13.3. The van der Waals surface area contributed by atoms with Gasteiger partial charge in [-0.3, -0.25) is 14.5 Å². The quantitative estimate of drug-likeness (QED) is 0.518. The minimum absolute atomic E-state index is 0.0117. The highest BCUT2D eigenvalue weighted by atomic mass is 35.5. The van der Waals surface area contributed by atoms with Crippen molar-refractivity contribution in [1.82, 2.24) is 4.72 Å². The van der Waals surface area contributed by atoms with Gasteiger partial charge in [0, 0.05) is 6.54 Å². The van der Waals surface area contributed by atoms with Gasteiger partial charge in [-0.1, -0.05) is 35.9 Å². The van der Waals surface area contributed by atoms with Crippen LogP contribution < -0.4 is 9.62 Å². The Bertz CT molecular complexity index is 1290. The molecule has 33 heavy (non-hydrogen) atoms. The number of halogens is 2. The van der Waals surface area contributed by atoms with Gasteiger partial charge in [-0.2, -0.15) is 0 Å². The average Bonchev–Trinajstić information content (AvgIpc) is 3.58. The predicted molar refractivity (Wildman–Crippen MR) is 119 cm³/mol. The van der Waals surface area contributed by atoms with E-state index >= 15 is 0 Å². The Labute approximate surface area is 195 Å². The van der Waals surface area contributed by atoms with Crippen LogP contribution in [0.3, 0.4) is 0 Å². The summed E-state index contributed by atoms with van der Waals surface area (Å²) < 4.78 is 40.7. The SMILES string of the molecule is O=C1C2C3C=CC(C4CC34)C2C(=O)N1c1ccc(CNS(=O)(=O)c2ccc(F)c(Cl)c2)cc1. The van der Waals surface area contributed by atoms with Crippen LogP contribution in [0.25, 0.3) is 0 Å². The topological polar surface area (TPSA) is 83.6 Å². The van der Waals surface area contributed by atoms with E-state index in [4.69, 9.17) is 11.6 Å². The Hall–Kier alpha value is -2.55. The van der Waals surface area contributed by atoms with Gasteiger partial charge in [0.2, 0.25) is 21.8 Å². The van der Waals surface area contributed by atoms with Crippen LogP contribution in [0.5, 0.6) is 0 Å². The first kappa shape index (κ1) is 21.0. The molecule has 0 aromatic heterocycles. The van der Waals surface area contributed by atoms with E-state index in [1.165, 1.54) is 4.90 Å². The first-order chi connectivity index (χ1) is 15.8. The molecule has 3 fully saturated rings. The fourth-order valence-electron chi connectivity index (χ4n) is 5.88. The maximum atomic E-state index is 13.3. The molecule has 0 spiro atoms. The molecule has 4 aliphatic carbocycles. The molecule has 2 aromatic carbocycles. The molecule has 170 valence electrons. The molecule has 1 aliphatic heterocycles. The second kappa shape index (κ2) is 7.22. The highest BCUT2D eigenvalue weighted by Gasteiger charge is 2.67. The summed E-state index contributed by atoms with van der Waals surface area (Å²) >= 11 is 5.69. The van der Waals surface area contributed by atoms with Crippen LogP contribution >= 0.6 is 11.6 Å². The summed E-state index contributed by atoms with van der Waals surface area (Å²) in [6, 6.07) is 9.90. The largest absolute Gasteiger partial charge is 0.274 e. The van der Waals surface area contributed by atoms with E-state index in [2.05, 4.69) is 16.9 Å². The van der Waals surface area contributed by atoms with Gasteiger partial charge >= 0.3 is 0 Å². The number of sulfonamides is 1. The Kier molecular flexibility index (Phi) is 4.60. The fourth-order valence-corrected chi connectivity index (χ4v) is 7.17. The van der Waals surface area contributed by atoms with Crippen LogP contribution in [0.15, 0.2) is 59.5 Å². The molecule has 7 rings (SSSR count). The number of benzene rings is 2. The number of carbonyl (C=O) groups excluding carboxylic acids is 2. The molecule has 9 heteroatoms. The van der Waals surface area contributed by atoms with Crippen molar-refractivity contribution >= 4 is 39.1 Å². The number of nitrogens with one attached hydrogen (secondary N) is 1. The van der Waals surface area contributed by atoms with Gasteiger partial charge in [0.1, 0.15) is 5.82 Å². The Morgan fingerprint density at radius 1 is 0.970 bits per heavy atom. The molecule has 6 atom stereocenters. The molecule has 6 nitrogen and oxygen atoms in total. The van der Waals surface area contributed by atoms with E-state index in [-0.39, 0.29) is 51.9 Å². The van der Waals surface area contributed by atoms with Crippen LogP contribution in [-0.4, -0.2) is 20.2 Å². The van der Waals surface area contributed by atoms with Crippen molar-refractivity contribution in [1.29, 1.82) is 0 Å². The zero-order valence-corrected chi connectivity index (χ0v) is 18.9. The van der Waals surface area contributed by atoms with Crippen molar-refractivity contribution < 1.29 is 22.4 Å². The standard InChI is InChI=1S/C24H20ClFN2O4S/c25-19-9-14(5-8-20(19)26)33(31,32)27-11-12-1-3-13(4-2-12)28-23(29)21-15-6-7-16(18-10-17(15)18)22(21)24(28)30/h1-9,15-18,21-22,27H,10-11H2. The van der Waals surface area contributed by atoms with Crippen molar-refractivity contribution in [2.45, 2.75) is 17.9 Å². The molecule has 6 unspecified atom stereocenters. The number of nitrogens with zero attached hydrogens (tertiary/aromatic N) is 1. The van der Waals surface area contributed by atoms with Gasteiger partial charge in [0.05, 0.1) is 27.4 Å². The van der Waals surface area contributed by atoms with E-state index in [0.717, 1.165) is 24.6 Å². The van der Waals surface area contributed by atoms with Crippen molar-refractivity contribution in [3.8, 4) is 0 Å². The van der Waals surface area contributed by atoms with Crippen LogP contribution in [-0.2, 0) is 26.2 Å². The molecule has 2 amide bonds. The Morgan fingerprint density at radius 3 is 2.15 bits per heavy atom. The number of anilines is 1. The van der Waals surface area contributed by atoms with Gasteiger partial charge < -0.3 is 0 Å². The van der Waals surface area contributed by atoms with Gasteiger partial charge in [-0.15, -0.1) is 0 Å². The summed E-state index contributed by atoms with van der Waals surface area (Å²) in [7, 11) is -3.89. The zero-order chi connectivity index (χ0) is 23.1. The highest BCUT2D eigenvalue weighted by Crippen LogP contribution is 2.65. The summed E-state index contributed by atoms with van der Waals surface area (Å²) in [5.74, 6) is -0.0463. The van der Waals surface area contributed by atoms with Crippen molar-refractivity contribution in [2.24, 2.45) is 35.5 Å². The molecule has 5 aliphatic rings. The lowest BCUT2D eigenvalue weighted by Crippen LogP contribution is -2.40. The van der Waals surface area contributed by atoms with Gasteiger partial charge in [-0.05, 0) is 66.0 Å². The van der Waals surface area contributed by atoms with Crippen LogP contribution in [0.1, 0.15) is 12.0 Å². The highest BCUT2D eigenvalue weighted by molar-refractivity contribution is 7.89. The van der Waals surface area contributed by atoms with E-state index in [1.54, 1.807) is 24.3 Å². The molecule has 1 saturated heterocycles. The van der Waals surface area contributed by atoms with E-state index < -0.39 is 15.8 Å². The first-order valence-corrected chi connectivity index (χ1v) is 12.7. The fraction of sp³-hybridized carbons (Fsp3) is 0.333. The van der Waals surface area contributed by atoms with Crippen LogP contribution in [0.2, 0.25) is 5.02 Å². The molecule has 1 heterocycles. The monoisotopic (exact) mass is 486 g/mol. The number of imide groups is 1. The average molecular weight is 487 g/mol. The third-order valence-electron chi connectivity index (χ3n) is 7.53. The smallest absolute Gasteiger partial charge is 0.240 e. The van der Waals surface area contributed by atoms with E-state index in [0.29, 0.717) is 23.1 Å². The Morgan fingerprint density at radius 2 is 1.58 bits per heavy atom. The second-order valence-electron chi connectivity index (χ2n) is 9.23. The molecule has 2 aromatic rings. The predicted octanol–water partition coefficient (Wildman–Crippen LogP) is 3.52. The van der Waals surface area contributed by atoms with Gasteiger partial charge in [0.25, 0.3) is 0 Å². The number of hydrogen-bond acceptors (Lipinski definition) is 4. The van der Waals surface area contributed by atoms with Crippen molar-refractivity contribution in [3.63, 3.8) is 0 Å². The lowest BCUT2D eigenvalue weighted by Gasteiger charge is -2.37. The summed E-state index contributed by atoms with van der Waals surface area (Å²) in [6.45, 7) is -0.0117. The molecule has 0 radical (unpaired) electrons. The number of hydrogen-bond donors (Lipinski definition) is 1. The third kappa shape index (κ3) is 3.19. The lowest BCUT2D eigenvalue weighted by molar-refractivity contribution is -0.124. The van der Waals surface area contributed by atoms with Gasteiger partial charge in [-0.25, -0.2) is 17.5 Å². The number of amides is 2. The molecular formula is C24H20ClFN2O4S. The Balaban J connectivity index is 1.18. The van der Waals surface area contributed by atoms with E-state index in [1.807, 2.05) is 0 Å². The summed E-state index contributed by atoms with van der Waals surface area (Å²) in [4.78, 5) is 27.6. The minimum atomic E-state index is -3.89. The van der Waals surface area contributed by atoms with Crippen molar-refractivity contribution in [2.75, 3.05) is 4.90 Å². The third-order valence-corrected chi connectivity index (χ3v) is 9.21. The molecule has 2 bridgehead atoms. The first-order valence-electron chi connectivity index (χ1n) is 10.9. The second-order valence-corrected chi connectivity index (χ2v) is 11.4. The van der Waals surface area contributed by atoms with Gasteiger partial charge in [0.15, 0.2) is 0 Å². The number of carbonyl (C=O) groups is 2. The van der Waals surface area contributed by atoms with Crippen LogP contribution in [0.4, 0.5) is 10.1 Å².